The van der Waals surface area contributed by atoms with E-state index in [1.165, 1.54) is 15.8 Å². The first kappa shape index (κ1) is 20.5. The van der Waals surface area contributed by atoms with Gasteiger partial charge in [0.2, 0.25) is 5.91 Å². The quantitative estimate of drug-likeness (QED) is 0.642. The Kier molecular flexibility index (Phi) is 6.01. The fraction of sp³-hybridized carbons (Fsp3) is 0.524. The van der Waals surface area contributed by atoms with Crippen LogP contribution in [0, 0.1) is 6.92 Å². The summed E-state index contributed by atoms with van der Waals surface area (Å²) >= 11 is 3.28. The highest BCUT2D eigenvalue weighted by molar-refractivity contribution is 9.10. The first-order valence-electron chi connectivity index (χ1n) is 10.0. The fourth-order valence-electron chi connectivity index (χ4n) is 3.89. The van der Waals surface area contributed by atoms with Crippen LogP contribution < -0.4 is 0 Å². The lowest BCUT2D eigenvalue weighted by atomic mass is 10.1. The molecule has 1 saturated heterocycles. The van der Waals surface area contributed by atoms with Gasteiger partial charge < -0.3 is 4.90 Å². The Hall–Kier alpha value is -1.80. The van der Waals surface area contributed by atoms with Crippen LogP contribution in [0.25, 0.3) is 0 Å². The maximum absolute atomic E-state index is 13.2. The topological polar surface area (TPSA) is 41.4 Å². The minimum Gasteiger partial charge on any atom is -0.339 e. The highest BCUT2D eigenvalue weighted by Crippen LogP contribution is 2.45. The zero-order valence-corrected chi connectivity index (χ0v) is 18.0. The van der Waals surface area contributed by atoms with Crippen molar-refractivity contribution in [3.63, 3.8) is 0 Å². The predicted octanol–water partition coefficient (Wildman–Crippen LogP) is 4.11. The average molecular weight is 467 g/mol. The van der Waals surface area contributed by atoms with Crippen molar-refractivity contribution in [2.45, 2.75) is 45.2 Å². The Morgan fingerprint density at radius 3 is 2.52 bits per heavy atom. The van der Waals surface area contributed by atoms with Gasteiger partial charge >= 0.3 is 0 Å². The van der Waals surface area contributed by atoms with Gasteiger partial charge in [-0.05, 0) is 46.8 Å². The number of hydrogen-bond donors (Lipinski definition) is 0. The van der Waals surface area contributed by atoms with E-state index in [2.05, 4.69) is 51.1 Å². The van der Waals surface area contributed by atoms with Gasteiger partial charge in [0.25, 0.3) is 6.43 Å². The molecular weight excluding hydrogens is 442 g/mol. The van der Waals surface area contributed by atoms with E-state index >= 15 is 0 Å². The van der Waals surface area contributed by atoms with Crippen molar-refractivity contribution in [1.29, 1.82) is 0 Å². The van der Waals surface area contributed by atoms with E-state index in [-0.39, 0.29) is 24.1 Å². The van der Waals surface area contributed by atoms with Gasteiger partial charge in [0.1, 0.15) is 12.2 Å². The molecule has 5 nitrogen and oxygen atoms in total. The lowest BCUT2D eigenvalue weighted by molar-refractivity contribution is -0.133. The molecule has 1 aromatic heterocycles. The van der Waals surface area contributed by atoms with E-state index in [9.17, 15) is 13.6 Å². The van der Waals surface area contributed by atoms with Crippen LogP contribution in [0.3, 0.4) is 0 Å². The summed E-state index contributed by atoms with van der Waals surface area (Å²) in [5.74, 6) is 0.168. The van der Waals surface area contributed by atoms with Crippen LogP contribution in [-0.4, -0.2) is 51.7 Å². The number of amides is 1. The van der Waals surface area contributed by atoms with Crippen LogP contribution in [-0.2, 0) is 17.9 Å². The Balaban J connectivity index is 1.37. The number of hydrogen-bond acceptors (Lipinski definition) is 3. The number of benzene rings is 1. The van der Waals surface area contributed by atoms with Crippen LogP contribution >= 0.6 is 15.9 Å². The summed E-state index contributed by atoms with van der Waals surface area (Å²) in [5.41, 5.74) is 3.06. The Labute approximate surface area is 177 Å². The Bertz CT molecular complexity index is 889. The number of carbonyl (C=O) groups excluding carboxylic acids is 1. The lowest BCUT2D eigenvalue weighted by Crippen LogP contribution is -2.49. The van der Waals surface area contributed by atoms with Crippen LogP contribution in [0.4, 0.5) is 8.78 Å². The van der Waals surface area contributed by atoms with Crippen LogP contribution in [0.5, 0.6) is 0 Å². The molecule has 2 aliphatic rings. The molecule has 2 fully saturated rings. The summed E-state index contributed by atoms with van der Waals surface area (Å²) in [6.07, 6.45) is -0.736. The number of aryl methyl sites for hydroxylation is 1. The zero-order chi connectivity index (χ0) is 20.5. The average Bonchev–Trinajstić information content (AvgIpc) is 3.47. The molecule has 0 spiro atoms. The predicted molar refractivity (Wildman–Crippen MR) is 110 cm³/mol. The monoisotopic (exact) mass is 466 g/mol. The number of aromatic nitrogens is 2. The van der Waals surface area contributed by atoms with Crippen molar-refractivity contribution in [1.82, 2.24) is 19.6 Å². The third-order valence-electron chi connectivity index (χ3n) is 5.79. The number of piperazine rings is 1. The minimum absolute atomic E-state index is 0.0228. The molecule has 1 saturated carbocycles. The first-order valence-corrected chi connectivity index (χ1v) is 10.8. The van der Waals surface area contributed by atoms with E-state index < -0.39 is 6.43 Å². The standard InChI is InChI=1S/C21H25BrF2N4O/c1-14-4-2-3-5-16(14)12-26-8-10-27(11-9-26)17(29)13-28-20(15-6-7-15)18(22)19(25-28)21(23)24/h2-5,15,21H,6-13H2,1H3. The van der Waals surface area contributed by atoms with Gasteiger partial charge in [-0.25, -0.2) is 8.78 Å². The van der Waals surface area contributed by atoms with Gasteiger partial charge in [-0.15, -0.1) is 0 Å². The molecule has 0 unspecified atom stereocenters. The molecule has 2 heterocycles. The van der Waals surface area contributed by atoms with E-state index in [1.54, 1.807) is 0 Å². The first-order chi connectivity index (χ1) is 13.9. The van der Waals surface area contributed by atoms with Crippen molar-refractivity contribution in [2.75, 3.05) is 26.2 Å². The van der Waals surface area contributed by atoms with Gasteiger partial charge in [-0.2, -0.15) is 5.10 Å². The van der Waals surface area contributed by atoms with Gasteiger partial charge in [-0.3, -0.25) is 14.4 Å². The molecule has 4 rings (SSSR count). The number of nitrogens with zero attached hydrogens (tertiary/aromatic N) is 4. The zero-order valence-electron chi connectivity index (χ0n) is 16.5. The van der Waals surface area contributed by atoms with Crippen molar-refractivity contribution in [3.8, 4) is 0 Å². The highest BCUT2D eigenvalue weighted by atomic mass is 79.9. The second kappa shape index (κ2) is 8.52. The van der Waals surface area contributed by atoms with Gasteiger partial charge in [-0.1, -0.05) is 24.3 Å². The van der Waals surface area contributed by atoms with E-state index in [1.807, 2.05) is 11.0 Å². The molecule has 0 N–H and O–H groups in total. The number of halogens is 3. The van der Waals surface area contributed by atoms with Crippen molar-refractivity contribution in [3.05, 3.63) is 51.3 Å². The molecule has 1 amide bonds. The van der Waals surface area contributed by atoms with E-state index in [0.29, 0.717) is 17.6 Å². The summed E-state index contributed by atoms with van der Waals surface area (Å²) in [4.78, 5) is 17.0. The Morgan fingerprint density at radius 2 is 1.90 bits per heavy atom. The SMILES string of the molecule is Cc1ccccc1CN1CCN(C(=O)Cn2nc(C(F)F)c(Br)c2C2CC2)CC1. The molecule has 29 heavy (non-hydrogen) atoms. The molecule has 156 valence electrons. The summed E-state index contributed by atoms with van der Waals surface area (Å²) in [7, 11) is 0. The van der Waals surface area contributed by atoms with Gasteiger partial charge in [0, 0.05) is 38.6 Å². The van der Waals surface area contributed by atoms with Gasteiger partial charge in [0.15, 0.2) is 0 Å². The molecule has 0 bridgehead atoms. The van der Waals surface area contributed by atoms with Crippen molar-refractivity contribution in [2.24, 2.45) is 0 Å². The molecule has 1 aliphatic carbocycles. The smallest absolute Gasteiger partial charge is 0.283 e. The van der Waals surface area contributed by atoms with Gasteiger partial charge in [0.05, 0.1) is 10.2 Å². The third-order valence-corrected chi connectivity index (χ3v) is 6.60. The van der Waals surface area contributed by atoms with E-state index in [0.717, 1.165) is 38.2 Å². The third kappa shape index (κ3) is 4.53. The summed E-state index contributed by atoms with van der Waals surface area (Å²) < 4.78 is 28.3. The highest BCUT2D eigenvalue weighted by Gasteiger charge is 2.34. The van der Waals surface area contributed by atoms with Crippen molar-refractivity contribution >= 4 is 21.8 Å². The molecule has 2 aromatic rings. The summed E-state index contributed by atoms with van der Waals surface area (Å²) in [6, 6.07) is 8.35. The normalized spacial score (nSPS) is 17.9. The molecule has 1 aliphatic heterocycles. The second-order valence-corrected chi connectivity index (χ2v) is 8.69. The van der Waals surface area contributed by atoms with Crippen molar-refractivity contribution < 1.29 is 13.6 Å². The minimum atomic E-state index is -2.65. The Morgan fingerprint density at radius 1 is 1.21 bits per heavy atom. The molecule has 1 aromatic carbocycles. The maximum Gasteiger partial charge on any atom is 0.283 e. The van der Waals surface area contributed by atoms with Crippen LogP contribution in [0.2, 0.25) is 0 Å². The maximum atomic E-state index is 13.2. The second-order valence-electron chi connectivity index (χ2n) is 7.90. The summed E-state index contributed by atoms with van der Waals surface area (Å²) in [6.45, 7) is 5.92. The molecular formula is C21H25BrF2N4O. The molecule has 8 heteroatoms. The van der Waals surface area contributed by atoms with Crippen LogP contribution in [0.1, 0.15) is 47.7 Å². The van der Waals surface area contributed by atoms with Crippen LogP contribution in [0.15, 0.2) is 28.7 Å². The number of carbonyl (C=O) groups is 1. The largest absolute Gasteiger partial charge is 0.339 e. The lowest BCUT2D eigenvalue weighted by Gasteiger charge is -2.35. The number of alkyl halides is 2. The fourth-order valence-corrected chi connectivity index (χ4v) is 4.67. The molecule has 0 atom stereocenters. The summed E-state index contributed by atoms with van der Waals surface area (Å²) in [5, 5.41) is 4.05. The van der Waals surface area contributed by atoms with E-state index in [4.69, 9.17) is 0 Å². The number of rotatable bonds is 6. The molecule has 0 radical (unpaired) electrons.